The van der Waals surface area contributed by atoms with Gasteiger partial charge in [0.1, 0.15) is 17.2 Å². The average Bonchev–Trinajstić information content (AvgIpc) is 2.95. The second kappa shape index (κ2) is 13.4. The molecule has 4 aromatic carbocycles. The molecule has 4 aromatic rings. The molecule has 0 aromatic heterocycles. The number of amides is 1. The van der Waals surface area contributed by atoms with E-state index in [1.54, 1.807) is 49.4 Å². The molecular formula is C31H27BrN2O5. The van der Waals surface area contributed by atoms with Gasteiger partial charge in [0, 0.05) is 10.0 Å². The fourth-order valence-electron chi connectivity index (χ4n) is 3.60. The standard InChI is InChI=1S/C31H27BrN2O5/c1-3-37-27-14-11-24(12-15-27)31(36)39-29-18-13-26(32)19-25(29)20-33-34-30(35)21(2)38-28-16-9-23(10-17-28)22-7-5-4-6-8-22/h4-21H,3H2,1-2H3,(H,34,35)/b33-20+. The van der Waals surface area contributed by atoms with Crippen molar-refractivity contribution in [2.24, 2.45) is 5.10 Å². The van der Waals surface area contributed by atoms with E-state index in [0.717, 1.165) is 15.6 Å². The molecule has 0 saturated carbocycles. The van der Waals surface area contributed by atoms with Gasteiger partial charge in [0.25, 0.3) is 5.91 Å². The van der Waals surface area contributed by atoms with Crippen LogP contribution in [-0.4, -0.2) is 30.8 Å². The van der Waals surface area contributed by atoms with Crippen LogP contribution < -0.4 is 19.6 Å². The third kappa shape index (κ3) is 7.78. The van der Waals surface area contributed by atoms with E-state index < -0.39 is 18.0 Å². The van der Waals surface area contributed by atoms with E-state index in [1.165, 1.54) is 6.21 Å². The molecule has 1 unspecified atom stereocenters. The monoisotopic (exact) mass is 586 g/mol. The Balaban J connectivity index is 1.35. The Morgan fingerprint density at radius 1 is 0.897 bits per heavy atom. The summed E-state index contributed by atoms with van der Waals surface area (Å²) in [5, 5.41) is 4.04. The fourth-order valence-corrected chi connectivity index (χ4v) is 3.98. The molecule has 8 heteroatoms. The van der Waals surface area contributed by atoms with Crippen LogP contribution in [0, 0.1) is 0 Å². The lowest BCUT2D eigenvalue weighted by atomic mass is 10.1. The predicted molar refractivity (Wildman–Crippen MR) is 154 cm³/mol. The minimum atomic E-state index is -0.788. The Labute approximate surface area is 235 Å². The Kier molecular flexibility index (Phi) is 9.48. The van der Waals surface area contributed by atoms with Gasteiger partial charge >= 0.3 is 5.97 Å². The van der Waals surface area contributed by atoms with Crippen LogP contribution in [-0.2, 0) is 4.79 Å². The summed E-state index contributed by atoms with van der Waals surface area (Å²) in [5.41, 5.74) is 5.50. The van der Waals surface area contributed by atoms with Crippen LogP contribution in [0.3, 0.4) is 0 Å². The van der Waals surface area contributed by atoms with Gasteiger partial charge in [0.2, 0.25) is 0 Å². The summed E-state index contributed by atoms with van der Waals surface area (Å²) in [6.45, 7) is 4.06. The van der Waals surface area contributed by atoms with E-state index in [0.29, 0.717) is 29.2 Å². The zero-order chi connectivity index (χ0) is 27.6. The van der Waals surface area contributed by atoms with Gasteiger partial charge in [-0.25, -0.2) is 10.2 Å². The molecule has 0 bridgehead atoms. The maximum absolute atomic E-state index is 12.7. The molecule has 1 N–H and O–H groups in total. The highest BCUT2D eigenvalue weighted by atomic mass is 79.9. The van der Waals surface area contributed by atoms with Crippen LogP contribution in [0.15, 0.2) is 107 Å². The molecule has 7 nitrogen and oxygen atoms in total. The van der Waals surface area contributed by atoms with Gasteiger partial charge in [-0.3, -0.25) is 4.79 Å². The summed E-state index contributed by atoms with van der Waals surface area (Å²) in [6, 6.07) is 29.3. The number of halogens is 1. The van der Waals surface area contributed by atoms with Gasteiger partial charge in [-0.05, 0) is 79.6 Å². The molecule has 4 rings (SSSR count). The van der Waals surface area contributed by atoms with Gasteiger partial charge in [-0.2, -0.15) is 5.10 Å². The average molecular weight is 587 g/mol. The number of carbonyl (C=O) groups is 2. The van der Waals surface area contributed by atoms with Crippen molar-refractivity contribution in [1.82, 2.24) is 5.43 Å². The first kappa shape index (κ1) is 27.6. The van der Waals surface area contributed by atoms with E-state index in [-0.39, 0.29) is 5.75 Å². The summed E-state index contributed by atoms with van der Waals surface area (Å²) in [6.07, 6.45) is 0.620. The topological polar surface area (TPSA) is 86.2 Å². The molecule has 0 spiro atoms. The lowest BCUT2D eigenvalue weighted by molar-refractivity contribution is -0.127. The number of ether oxygens (including phenoxy) is 3. The molecule has 0 fully saturated rings. The first-order valence-corrected chi connectivity index (χ1v) is 13.1. The number of hydrogen-bond acceptors (Lipinski definition) is 6. The number of nitrogens with zero attached hydrogens (tertiary/aromatic N) is 1. The van der Waals surface area contributed by atoms with Crippen LogP contribution in [0.25, 0.3) is 11.1 Å². The minimum absolute atomic E-state index is 0.290. The molecule has 1 atom stereocenters. The van der Waals surface area contributed by atoms with E-state index in [1.807, 2.05) is 61.5 Å². The zero-order valence-electron chi connectivity index (χ0n) is 21.5. The second-order valence-electron chi connectivity index (χ2n) is 8.41. The van der Waals surface area contributed by atoms with Gasteiger partial charge < -0.3 is 14.2 Å². The highest BCUT2D eigenvalue weighted by molar-refractivity contribution is 9.10. The maximum Gasteiger partial charge on any atom is 0.343 e. The molecule has 0 aliphatic carbocycles. The first-order chi connectivity index (χ1) is 18.9. The van der Waals surface area contributed by atoms with Crippen molar-refractivity contribution in [3.8, 4) is 28.4 Å². The van der Waals surface area contributed by atoms with Gasteiger partial charge in [-0.15, -0.1) is 0 Å². The largest absolute Gasteiger partial charge is 0.494 e. The number of hydrogen-bond donors (Lipinski definition) is 1. The van der Waals surface area contributed by atoms with Crippen LogP contribution in [0.5, 0.6) is 17.2 Å². The van der Waals surface area contributed by atoms with Crippen LogP contribution in [0.1, 0.15) is 29.8 Å². The van der Waals surface area contributed by atoms with E-state index in [2.05, 4.69) is 26.5 Å². The van der Waals surface area contributed by atoms with E-state index in [4.69, 9.17) is 14.2 Å². The molecule has 198 valence electrons. The molecule has 0 heterocycles. The Hall–Kier alpha value is -4.43. The molecule has 1 amide bonds. The third-order valence-corrected chi connectivity index (χ3v) is 6.09. The van der Waals surface area contributed by atoms with Crippen LogP contribution in [0.4, 0.5) is 0 Å². The SMILES string of the molecule is CCOc1ccc(C(=O)Oc2ccc(Br)cc2/C=N/NC(=O)C(C)Oc2ccc(-c3ccccc3)cc2)cc1. The fraction of sp³-hybridized carbons (Fsp3) is 0.129. The van der Waals surface area contributed by atoms with Crippen molar-refractivity contribution in [3.63, 3.8) is 0 Å². The smallest absolute Gasteiger partial charge is 0.343 e. The zero-order valence-corrected chi connectivity index (χ0v) is 23.1. The highest BCUT2D eigenvalue weighted by Crippen LogP contribution is 2.24. The van der Waals surface area contributed by atoms with Crippen molar-refractivity contribution in [1.29, 1.82) is 0 Å². The molecule has 0 aliphatic heterocycles. The maximum atomic E-state index is 12.7. The third-order valence-electron chi connectivity index (χ3n) is 5.60. The highest BCUT2D eigenvalue weighted by Gasteiger charge is 2.15. The van der Waals surface area contributed by atoms with E-state index >= 15 is 0 Å². The lowest BCUT2D eigenvalue weighted by Crippen LogP contribution is -2.33. The second-order valence-corrected chi connectivity index (χ2v) is 9.33. The molecule has 0 aliphatic rings. The molecule has 39 heavy (non-hydrogen) atoms. The number of benzene rings is 4. The van der Waals surface area contributed by atoms with Gasteiger partial charge in [0.15, 0.2) is 6.10 Å². The number of rotatable bonds is 10. The Morgan fingerprint density at radius 2 is 1.56 bits per heavy atom. The van der Waals surface area contributed by atoms with Crippen molar-refractivity contribution >= 4 is 34.0 Å². The summed E-state index contributed by atoms with van der Waals surface area (Å²) >= 11 is 3.41. The van der Waals surface area contributed by atoms with Crippen molar-refractivity contribution in [2.45, 2.75) is 20.0 Å². The molecule has 0 radical (unpaired) electrons. The minimum Gasteiger partial charge on any atom is -0.494 e. The Morgan fingerprint density at radius 3 is 2.26 bits per heavy atom. The quantitative estimate of drug-likeness (QED) is 0.0972. The van der Waals surface area contributed by atoms with Crippen molar-refractivity contribution < 1.29 is 23.8 Å². The summed E-state index contributed by atoms with van der Waals surface area (Å²) in [5.74, 6) is 0.569. The number of carbonyl (C=O) groups excluding carboxylic acids is 2. The first-order valence-electron chi connectivity index (χ1n) is 12.3. The predicted octanol–water partition coefficient (Wildman–Crippen LogP) is 6.65. The van der Waals surface area contributed by atoms with Crippen LogP contribution in [0.2, 0.25) is 0 Å². The number of esters is 1. The lowest BCUT2D eigenvalue weighted by Gasteiger charge is -2.13. The summed E-state index contributed by atoms with van der Waals surface area (Å²) in [7, 11) is 0. The van der Waals surface area contributed by atoms with Crippen molar-refractivity contribution in [3.05, 3.63) is 113 Å². The molecular weight excluding hydrogens is 560 g/mol. The Bertz CT molecular complexity index is 1440. The number of hydrazone groups is 1. The summed E-state index contributed by atoms with van der Waals surface area (Å²) in [4.78, 5) is 25.2. The van der Waals surface area contributed by atoms with Gasteiger partial charge in [0.05, 0.1) is 18.4 Å². The summed E-state index contributed by atoms with van der Waals surface area (Å²) < 4.78 is 17.5. The molecule has 0 saturated heterocycles. The van der Waals surface area contributed by atoms with Gasteiger partial charge in [-0.1, -0.05) is 58.4 Å². The van der Waals surface area contributed by atoms with Crippen LogP contribution >= 0.6 is 15.9 Å². The van der Waals surface area contributed by atoms with Crippen molar-refractivity contribution in [2.75, 3.05) is 6.61 Å². The number of nitrogens with one attached hydrogen (secondary N) is 1. The normalized spacial score (nSPS) is 11.6. The van der Waals surface area contributed by atoms with E-state index in [9.17, 15) is 9.59 Å².